The summed E-state index contributed by atoms with van der Waals surface area (Å²) in [6, 6.07) is 16.1. The molecule has 0 spiro atoms. The third kappa shape index (κ3) is 2.44. The lowest BCUT2D eigenvalue weighted by atomic mass is 10.1. The quantitative estimate of drug-likeness (QED) is 0.767. The smallest absolute Gasteiger partial charge is 0.235 e. The normalized spacial score (nSPS) is 30.9. The van der Waals surface area contributed by atoms with E-state index in [-0.39, 0.29) is 4.90 Å². The molecule has 1 unspecified atom stereocenters. The van der Waals surface area contributed by atoms with Crippen molar-refractivity contribution >= 4 is 9.84 Å². The molecule has 0 radical (unpaired) electrons. The Balaban J connectivity index is 1.79. The molecular weight excluding hydrogens is 340 g/mol. The number of ether oxygens (including phenoxy) is 3. The minimum Gasteiger partial charge on any atom is -0.350 e. The predicted octanol–water partition coefficient (Wildman–Crippen LogP) is 3.00. The maximum atomic E-state index is 13.4. The number of fused-ring (bicyclic) bond motifs is 1. The van der Waals surface area contributed by atoms with Crippen molar-refractivity contribution < 1.29 is 22.6 Å². The van der Waals surface area contributed by atoms with E-state index < -0.39 is 33.3 Å². The van der Waals surface area contributed by atoms with Gasteiger partial charge >= 0.3 is 0 Å². The van der Waals surface area contributed by atoms with Gasteiger partial charge in [-0.25, -0.2) is 8.42 Å². The topological polar surface area (TPSA) is 65.1 Å². The Hall–Kier alpha value is -1.73. The van der Waals surface area contributed by atoms with E-state index in [1.807, 2.05) is 44.2 Å². The minimum atomic E-state index is -3.76. The van der Waals surface area contributed by atoms with Gasteiger partial charge in [0.2, 0.25) is 14.8 Å². The Labute approximate surface area is 147 Å². The number of hydrogen-bond acceptors (Lipinski definition) is 5. The van der Waals surface area contributed by atoms with Crippen LogP contribution in [0.4, 0.5) is 0 Å². The number of aryl methyl sites for hydroxylation is 1. The van der Waals surface area contributed by atoms with E-state index in [1.165, 1.54) is 0 Å². The predicted molar refractivity (Wildman–Crippen MR) is 91.7 cm³/mol. The fraction of sp³-hybridized carbons (Fsp3) is 0.368. The van der Waals surface area contributed by atoms with Crippen molar-refractivity contribution in [1.82, 2.24) is 0 Å². The van der Waals surface area contributed by atoms with Crippen molar-refractivity contribution in [2.24, 2.45) is 0 Å². The van der Waals surface area contributed by atoms with E-state index >= 15 is 0 Å². The largest absolute Gasteiger partial charge is 0.350 e. The van der Waals surface area contributed by atoms with Gasteiger partial charge in [0.1, 0.15) is 6.10 Å². The van der Waals surface area contributed by atoms with Crippen molar-refractivity contribution in [3.63, 3.8) is 0 Å². The molecular formula is C19H20O5S. The minimum absolute atomic E-state index is 0.238. The zero-order valence-corrected chi connectivity index (χ0v) is 14.9. The van der Waals surface area contributed by atoms with E-state index in [0.29, 0.717) is 6.61 Å². The van der Waals surface area contributed by atoms with Crippen LogP contribution in [0, 0.1) is 6.92 Å². The molecule has 0 aromatic heterocycles. The third-order valence-corrected chi connectivity index (χ3v) is 6.99. The van der Waals surface area contributed by atoms with Crippen LogP contribution >= 0.6 is 0 Å². The fourth-order valence-electron chi connectivity index (χ4n) is 3.41. The summed E-state index contributed by atoms with van der Waals surface area (Å²) in [6.45, 7) is 4.19. The SMILES string of the molecule is CCOC1O[C@H](c2ccccc2)[C@@]2(S(=O)(=O)c3ccc(C)cc3)O[C@@H]12. The Morgan fingerprint density at radius 3 is 2.40 bits per heavy atom. The van der Waals surface area contributed by atoms with Crippen LogP contribution in [-0.4, -0.2) is 32.4 Å². The van der Waals surface area contributed by atoms with Crippen LogP contribution in [-0.2, 0) is 24.0 Å². The molecule has 2 aromatic rings. The zero-order valence-electron chi connectivity index (χ0n) is 14.1. The Morgan fingerprint density at radius 2 is 1.76 bits per heavy atom. The van der Waals surface area contributed by atoms with E-state index in [0.717, 1.165) is 11.1 Å². The molecule has 2 aromatic carbocycles. The molecule has 0 bridgehead atoms. The first-order valence-electron chi connectivity index (χ1n) is 8.32. The van der Waals surface area contributed by atoms with Gasteiger partial charge in [0, 0.05) is 6.61 Å². The lowest BCUT2D eigenvalue weighted by Gasteiger charge is -2.22. The molecule has 6 heteroatoms. The maximum absolute atomic E-state index is 13.4. The average molecular weight is 360 g/mol. The number of epoxide rings is 1. The third-order valence-electron chi connectivity index (χ3n) is 4.72. The zero-order chi connectivity index (χ0) is 17.7. The van der Waals surface area contributed by atoms with Crippen molar-refractivity contribution in [3.8, 4) is 0 Å². The summed E-state index contributed by atoms with van der Waals surface area (Å²) < 4.78 is 44.1. The van der Waals surface area contributed by atoms with Gasteiger partial charge in [-0.1, -0.05) is 48.0 Å². The summed E-state index contributed by atoms with van der Waals surface area (Å²) in [7, 11) is -3.76. The van der Waals surface area contributed by atoms with Gasteiger partial charge in [-0.15, -0.1) is 0 Å². The van der Waals surface area contributed by atoms with Crippen molar-refractivity contribution in [2.75, 3.05) is 6.61 Å². The number of benzene rings is 2. The molecule has 0 N–H and O–H groups in total. The highest BCUT2D eigenvalue weighted by Gasteiger charge is 2.79. The summed E-state index contributed by atoms with van der Waals surface area (Å²) in [6.07, 6.45) is -2.03. The molecule has 25 heavy (non-hydrogen) atoms. The maximum Gasteiger partial charge on any atom is 0.235 e. The molecule has 2 aliphatic heterocycles. The van der Waals surface area contributed by atoms with E-state index in [2.05, 4.69) is 0 Å². The highest BCUT2D eigenvalue weighted by atomic mass is 32.2. The standard InChI is InChI=1S/C19H20O5S/c1-3-22-18-17-19(24-17,16(23-18)14-7-5-4-6-8-14)25(20,21)15-11-9-13(2)10-12-15/h4-12,16-18H,3H2,1-2H3/t16-,17+,18?,19+/m1/s1. The van der Waals surface area contributed by atoms with Gasteiger partial charge in [-0.05, 0) is 31.5 Å². The van der Waals surface area contributed by atoms with Crippen LogP contribution in [0.15, 0.2) is 59.5 Å². The van der Waals surface area contributed by atoms with Crippen LogP contribution in [0.5, 0.6) is 0 Å². The Morgan fingerprint density at radius 1 is 1.08 bits per heavy atom. The molecule has 0 amide bonds. The summed E-state index contributed by atoms with van der Waals surface area (Å²) in [4.78, 5) is -1.19. The van der Waals surface area contributed by atoms with E-state index in [4.69, 9.17) is 14.2 Å². The first-order chi connectivity index (χ1) is 12.0. The highest BCUT2D eigenvalue weighted by molar-refractivity contribution is 7.93. The molecule has 4 rings (SSSR count). The van der Waals surface area contributed by atoms with Gasteiger partial charge in [-0.2, -0.15) is 0 Å². The molecule has 0 saturated carbocycles. The second-order valence-electron chi connectivity index (χ2n) is 6.33. The summed E-state index contributed by atoms with van der Waals surface area (Å²) >= 11 is 0. The average Bonchev–Trinajstić information content (AvgIpc) is 3.30. The van der Waals surface area contributed by atoms with Crippen LogP contribution in [0.3, 0.4) is 0 Å². The van der Waals surface area contributed by atoms with Crippen LogP contribution in [0.2, 0.25) is 0 Å². The van der Waals surface area contributed by atoms with E-state index in [9.17, 15) is 8.42 Å². The van der Waals surface area contributed by atoms with Gasteiger partial charge in [0.05, 0.1) is 4.90 Å². The van der Waals surface area contributed by atoms with Gasteiger partial charge in [0.15, 0.2) is 12.4 Å². The second-order valence-corrected chi connectivity index (χ2v) is 8.44. The molecule has 2 aliphatic rings. The monoisotopic (exact) mass is 360 g/mol. The summed E-state index contributed by atoms with van der Waals surface area (Å²) in [5, 5.41) is 0. The molecule has 0 aliphatic carbocycles. The van der Waals surface area contributed by atoms with Gasteiger partial charge in [0.25, 0.3) is 0 Å². The lowest BCUT2D eigenvalue weighted by molar-refractivity contribution is -0.174. The summed E-state index contributed by atoms with van der Waals surface area (Å²) in [5.41, 5.74) is 1.77. The Kier molecular flexibility index (Phi) is 3.96. The molecule has 2 saturated heterocycles. The van der Waals surface area contributed by atoms with Crippen molar-refractivity contribution in [1.29, 1.82) is 0 Å². The van der Waals surface area contributed by atoms with E-state index in [1.54, 1.807) is 24.3 Å². The van der Waals surface area contributed by atoms with Crippen LogP contribution in [0.1, 0.15) is 24.2 Å². The van der Waals surface area contributed by atoms with Gasteiger partial charge in [-0.3, -0.25) is 0 Å². The fourth-order valence-corrected chi connectivity index (χ4v) is 5.39. The van der Waals surface area contributed by atoms with Crippen molar-refractivity contribution in [3.05, 3.63) is 65.7 Å². The number of hydrogen-bond donors (Lipinski definition) is 0. The number of rotatable bonds is 5. The molecule has 4 atom stereocenters. The molecule has 132 valence electrons. The molecule has 5 nitrogen and oxygen atoms in total. The van der Waals surface area contributed by atoms with Crippen LogP contribution in [0.25, 0.3) is 0 Å². The second kappa shape index (κ2) is 5.92. The van der Waals surface area contributed by atoms with Crippen molar-refractivity contribution in [2.45, 2.75) is 42.2 Å². The molecule has 2 heterocycles. The number of sulfone groups is 1. The molecule has 2 fully saturated rings. The Bertz CT molecular complexity index is 862. The lowest BCUT2D eigenvalue weighted by Crippen LogP contribution is -2.31. The van der Waals surface area contributed by atoms with Gasteiger partial charge < -0.3 is 14.2 Å². The first-order valence-corrected chi connectivity index (χ1v) is 9.80. The first kappa shape index (κ1) is 16.7. The summed E-state index contributed by atoms with van der Waals surface area (Å²) in [5.74, 6) is 0. The highest BCUT2D eigenvalue weighted by Crippen LogP contribution is 2.61. The van der Waals surface area contributed by atoms with Crippen LogP contribution < -0.4 is 0 Å².